The minimum atomic E-state index is -1.81. The molecule has 2 atom stereocenters. The summed E-state index contributed by atoms with van der Waals surface area (Å²) >= 11 is 0. The molecule has 0 bridgehead atoms. The van der Waals surface area contributed by atoms with Crippen molar-refractivity contribution in [3.63, 3.8) is 0 Å². The molecule has 0 saturated carbocycles. The normalized spacial score (nSPS) is 27.2. The van der Waals surface area contributed by atoms with Crippen LogP contribution in [0.4, 0.5) is 0 Å². The number of rotatable bonds is 3. The third-order valence-corrected chi connectivity index (χ3v) is 10.4. The molecule has 5 aliphatic rings. The highest BCUT2D eigenvalue weighted by Crippen LogP contribution is 2.47. The lowest BCUT2D eigenvalue weighted by Gasteiger charge is -2.29. The van der Waals surface area contributed by atoms with E-state index in [9.17, 15) is 0 Å². The molecule has 2 unspecified atom stereocenters. The van der Waals surface area contributed by atoms with Crippen molar-refractivity contribution in [2.24, 2.45) is 17.8 Å². The number of fused-ring (bicyclic) bond motifs is 3. The first-order valence-corrected chi connectivity index (χ1v) is 13.5. The van der Waals surface area contributed by atoms with E-state index in [0.717, 1.165) is 0 Å². The van der Waals surface area contributed by atoms with Crippen molar-refractivity contribution in [2.75, 3.05) is 0 Å². The fourth-order valence-corrected chi connectivity index (χ4v) is 8.47. The van der Waals surface area contributed by atoms with Gasteiger partial charge < -0.3 is 0 Å². The van der Waals surface area contributed by atoms with Gasteiger partial charge in [0, 0.05) is 11.8 Å². The van der Waals surface area contributed by atoms with Crippen molar-refractivity contribution in [2.45, 2.75) is 26.9 Å². The van der Waals surface area contributed by atoms with Crippen LogP contribution in [0, 0.1) is 17.8 Å². The van der Waals surface area contributed by atoms with E-state index < -0.39 is 8.07 Å². The van der Waals surface area contributed by atoms with E-state index in [4.69, 9.17) is 0 Å². The van der Waals surface area contributed by atoms with E-state index in [0.29, 0.717) is 17.8 Å². The Morgan fingerprint density at radius 3 is 2.25 bits per heavy atom. The SMILES string of the molecule is CC(C)C1=CC([Si](C)(C)C2=C3C=CC4C=CC=CC4=C3C=C2)=C2C=CC=CC12. The van der Waals surface area contributed by atoms with Crippen LogP contribution in [-0.4, -0.2) is 8.07 Å². The van der Waals surface area contributed by atoms with Crippen LogP contribution in [0.2, 0.25) is 13.1 Å². The largest absolute Gasteiger partial charge is 0.113 e. The smallest absolute Gasteiger partial charge is 0.0732 e. The molecule has 1 heteroatoms. The molecule has 0 amide bonds. The summed E-state index contributed by atoms with van der Waals surface area (Å²) in [5.74, 6) is 1.51. The van der Waals surface area contributed by atoms with Crippen molar-refractivity contribution in [3.8, 4) is 0 Å². The molecule has 0 saturated heterocycles. The summed E-state index contributed by atoms with van der Waals surface area (Å²) in [6.45, 7) is 9.74. The highest BCUT2D eigenvalue weighted by atomic mass is 28.3. The quantitative estimate of drug-likeness (QED) is 0.468. The minimum Gasteiger partial charge on any atom is -0.0732 e. The van der Waals surface area contributed by atoms with Crippen molar-refractivity contribution >= 4 is 8.07 Å². The van der Waals surface area contributed by atoms with E-state index in [1.807, 2.05) is 0 Å². The zero-order chi connectivity index (χ0) is 19.5. The molecule has 0 aromatic carbocycles. The molecule has 0 radical (unpaired) electrons. The van der Waals surface area contributed by atoms with Crippen LogP contribution in [0.5, 0.6) is 0 Å². The van der Waals surface area contributed by atoms with Gasteiger partial charge in [0.1, 0.15) is 8.07 Å². The molecule has 0 aromatic rings. The standard InChI is InChI=1S/C27H28Si/c1-18(2)25-17-27(23-12-8-7-11-21(23)25)28(3,4)26-16-15-22-20-10-6-5-9-19(20)13-14-24(22)26/h5-19,21H,1-4H3. The van der Waals surface area contributed by atoms with Gasteiger partial charge in [0.05, 0.1) is 0 Å². The molecule has 0 aliphatic heterocycles. The molecular weight excluding hydrogens is 352 g/mol. The minimum absolute atomic E-state index is 0.439. The third-order valence-electron chi connectivity index (χ3n) is 6.86. The van der Waals surface area contributed by atoms with Crippen LogP contribution in [0.1, 0.15) is 13.8 Å². The number of hydrogen-bond donors (Lipinski definition) is 0. The van der Waals surface area contributed by atoms with Gasteiger partial charge in [0.25, 0.3) is 0 Å². The molecular formula is C27H28Si. The molecule has 0 heterocycles. The van der Waals surface area contributed by atoms with E-state index in [1.54, 1.807) is 21.5 Å². The van der Waals surface area contributed by atoms with Crippen molar-refractivity contribution in [1.29, 1.82) is 0 Å². The first-order chi connectivity index (χ1) is 13.5. The topological polar surface area (TPSA) is 0 Å². The highest BCUT2D eigenvalue weighted by molar-refractivity contribution is 6.92. The molecule has 0 aromatic heterocycles. The van der Waals surface area contributed by atoms with Crippen molar-refractivity contribution in [1.82, 2.24) is 0 Å². The summed E-state index contributed by atoms with van der Waals surface area (Å²) in [6.07, 6.45) is 30.2. The maximum Gasteiger partial charge on any atom is 0.113 e. The molecule has 0 spiro atoms. The maximum atomic E-state index is 2.56. The monoisotopic (exact) mass is 380 g/mol. The average molecular weight is 381 g/mol. The fourth-order valence-electron chi connectivity index (χ4n) is 5.30. The van der Waals surface area contributed by atoms with Gasteiger partial charge in [-0.05, 0) is 33.4 Å². The van der Waals surface area contributed by atoms with Crippen molar-refractivity contribution in [3.05, 3.63) is 117 Å². The van der Waals surface area contributed by atoms with Gasteiger partial charge in [0.2, 0.25) is 0 Å². The zero-order valence-electron chi connectivity index (χ0n) is 17.2. The predicted molar refractivity (Wildman–Crippen MR) is 123 cm³/mol. The number of allylic oxidation sites excluding steroid dienone is 20. The van der Waals surface area contributed by atoms with Crippen LogP contribution in [0.3, 0.4) is 0 Å². The lowest BCUT2D eigenvalue weighted by molar-refractivity contribution is 0.694. The summed E-state index contributed by atoms with van der Waals surface area (Å²) < 4.78 is 0. The molecule has 0 N–H and O–H groups in total. The van der Waals surface area contributed by atoms with Crippen LogP contribution < -0.4 is 0 Å². The van der Waals surface area contributed by atoms with E-state index in [-0.39, 0.29) is 0 Å². The Labute approximate surface area is 170 Å². The Morgan fingerprint density at radius 2 is 1.46 bits per heavy atom. The van der Waals surface area contributed by atoms with E-state index in [1.165, 1.54) is 16.7 Å². The van der Waals surface area contributed by atoms with Gasteiger partial charge in [-0.2, -0.15) is 0 Å². The van der Waals surface area contributed by atoms with Crippen LogP contribution >= 0.6 is 0 Å². The Morgan fingerprint density at radius 1 is 0.714 bits per heavy atom. The summed E-state index contributed by atoms with van der Waals surface area (Å²) in [7, 11) is -1.81. The lowest BCUT2D eigenvalue weighted by Crippen LogP contribution is -2.32. The van der Waals surface area contributed by atoms with Gasteiger partial charge in [-0.15, -0.1) is 0 Å². The van der Waals surface area contributed by atoms with Crippen LogP contribution in [0.15, 0.2) is 117 Å². The van der Waals surface area contributed by atoms with Crippen LogP contribution in [0.25, 0.3) is 0 Å². The Kier molecular flexibility index (Phi) is 3.99. The molecule has 140 valence electrons. The molecule has 28 heavy (non-hydrogen) atoms. The maximum absolute atomic E-state index is 2.56. The Hall–Kier alpha value is -2.38. The van der Waals surface area contributed by atoms with Gasteiger partial charge in [-0.25, -0.2) is 0 Å². The van der Waals surface area contributed by atoms with Gasteiger partial charge in [0.15, 0.2) is 0 Å². The second-order valence-electron chi connectivity index (χ2n) is 9.17. The molecule has 0 nitrogen and oxygen atoms in total. The zero-order valence-corrected chi connectivity index (χ0v) is 18.2. The summed E-state index contributed by atoms with van der Waals surface area (Å²) in [6, 6.07) is 0. The van der Waals surface area contributed by atoms with E-state index >= 15 is 0 Å². The van der Waals surface area contributed by atoms with Crippen LogP contribution in [-0.2, 0) is 0 Å². The first kappa shape index (κ1) is 17.7. The summed E-state index contributed by atoms with van der Waals surface area (Å²) in [5.41, 5.74) is 7.49. The molecule has 5 rings (SSSR count). The second-order valence-corrected chi connectivity index (χ2v) is 13.5. The third kappa shape index (κ3) is 2.49. The molecule has 5 aliphatic carbocycles. The summed E-state index contributed by atoms with van der Waals surface area (Å²) in [5, 5.41) is 3.20. The predicted octanol–water partition coefficient (Wildman–Crippen LogP) is 6.88. The highest BCUT2D eigenvalue weighted by Gasteiger charge is 2.40. The number of hydrogen-bond acceptors (Lipinski definition) is 0. The first-order valence-electron chi connectivity index (χ1n) is 10.5. The van der Waals surface area contributed by atoms with Crippen molar-refractivity contribution < 1.29 is 0 Å². The second kappa shape index (κ2) is 6.32. The van der Waals surface area contributed by atoms with E-state index in [2.05, 4.69) is 106 Å². The average Bonchev–Trinajstić information content (AvgIpc) is 3.31. The summed E-state index contributed by atoms with van der Waals surface area (Å²) in [4.78, 5) is 0. The fraction of sp³-hybridized carbons (Fsp3) is 0.259. The Bertz CT molecular complexity index is 1050. The lowest BCUT2D eigenvalue weighted by atomic mass is 9.84. The Balaban J connectivity index is 1.64. The molecule has 0 fully saturated rings. The van der Waals surface area contributed by atoms with Gasteiger partial charge in [-0.1, -0.05) is 117 Å². The van der Waals surface area contributed by atoms with Gasteiger partial charge >= 0.3 is 0 Å². The van der Waals surface area contributed by atoms with Gasteiger partial charge in [-0.3, -0.25) is 0 Å².